The number of hydrogen-bond donors (Lipinski definition) is 2. The molecule has 2 heterocycles. The molecule has 2 N–H and O–H groups in total. The fraction of sp³-hybridized carbons (Fsp3) is 0.500. The third-order valence-corrected chi connectivity index (χ3v) is 5.11. The van der Waals surface area contributed by atoms with E-state index < -0.39 is 0 Å². The Hall–Kier alpha value is -1.38. The minimum atomic E-state index is -0.218. The first-order chi connectivity index (χ1) is 12.6. The van der Waals surface area contributed by atoms with E-state index in [-0.39, 0.29) is 36.8 Å². The van der Waals surface area contributed by atoms with E-state index >= 15 is 0 Å². The lowest BCUT2D eigenvalue weighted by Gasteiger charge is -2.25. The van der Waals surface area contributed by atoms with Crippen molar-refractivity contribution < 1.29 is 4.79 Å². The van der Waals surface area contributed by atoms with Crippen molar-refractivity contribution in [2.24, 2.45) is 0 Å². The van der Waals surface area contributed by atoms with Crippen LogP contribution in [0.4, 0.5) is 0 Å². The third-order valence-electron chi connectivity index (χ3n) is 4.77. The van der Waals surface area contributed by atoms with Gasteiger partial charge < -0.3 is 15.5 Å². The quantitative estimate of drug-likeness (QED) is 0.709. The number of carbonyl (C=O) groups excluding carboxylic acids is 1. The maximum absolute atomic E-state index is 12.5. The smallest absolute Gasteiger partial charge is 0.273 e. The van der Waals surface area contributed by atoms with Crippen LogP contribution in [0.2, 0.25) is 5.02 Å². The second-order valence-corrected chi connectivity index (χ2v) is 7.18. The van der Waals surface area contributed by atoms with Crippen molar-refractivity contribution in [2.75, 3.05) is 33.7 Å². The highest BCUT2D eigenvalue weighted by atomic mass is 35.5. The molecule has 0 bridgehead atoms. The van der Waals surface area contributed by atoms with Gasteiger partial charge in [-0.25, -0.2) is 4.68 Å². The number of rotatable bonds is 6. The van der Waals surface area contributed by atoms with Gasteiger partial charge in [-0.05, 0) is 51.7 Å². The van der Waals surface area contributed by atoms with E-state index in [2.05, 4.69) is 20.9 Å². The number of benzene rings is 1. The predicted octanol–water partition coefficient (Wildman–Crippen LogP) is 2.73. The van der Waals surface area contributed by atoms with E-state index in [9.17, 15) is 4.79 Å². The molecule has 0 spiro atoms. The number of hydrogen-bond acceptors (Lipinski definition) is 5. The zero-order valence-electron chi connectivity index (χ0n) is 16.0. The molecule has 0 saturated carbocycles. The van der Waals surface area contributed by atoms with Crippen molar-refractivity contribution in [3.05, 3.63) is 46.7 Å². The first kappa shape index (κ1) is 24.7. The standard InChI is InChI=1S/C18H25ClN6O.2ClH/c1-24(2)17(14-5-3-4-6-15(14)19)11-21-18(26)16-12-25(23-22-16)13-7-9-20-10-8-13;;/h3-6,12-13,17,20H,7-11H2,1-2H3,(H,21,26);2*1H. The lowest BCUT2D eigenvalue weighted by Crippen LogP contribution is -2.35. The van der Waals surface area contributed by atoms with Crippen molar-refractivity contribution in [1.82, 2.24) is 30.5 Å². The summed E-state index contributed by atoms with van der Waals surface area (Å²) in [5.74, 6) is -0.218. The number of likely N-dealkylation sites (N-methyl/N-ethyl adjacent to an activating group) is 1. The van der Waals surface area contributed by atoms with Gasteiger partial charge in [0, 0.05) is 11.6 Å². The highest BCUT2D eigenvalue weighted by Gasteiger charge is 2.21. The molecule has 1 amide bonds. The summed E-state index contributed by atoms with van der Waals surface area (Å²) in [6.07, 6.45) is 3.74. The summed E-state index contributed by atoms with van der Waals surface area (Å²) < 4.78 is 1.81. The van der Waals surface area contributed by atoms with E-state index in [4.69, 9.17) is 11.6 Å². The van der Waals surface area contributed by atoms with Crippen molar-refractivity contribution >= 4 is 42.3 Å². The van der Waals surface area contributed by atoms with E-state index in [1.165, 1.54) is 0 Å². The van der Waals surface area contributed by atoms with Gasteiger partial charge in [0.05, 0.1) is 18.3 Å². The molecule has 1 fully saturated rings. The molecule has 10 heteroatoms. The van der Waals surface area contributed by atoms with E-state index in [0.717, 1.165) is 31.5 Å². The summed E-state index contributed by atoms with van der Waals surface area (Å²) in [6, 6.07) is 7.97. The molecule has 0 radical (unpaired) electrons. The SMILES string of the molecule is CN(C)C(CNC(=O)c1cn(C2CCNCC2)nn1)c1ccccc1Cl.Cl.Cl. The zero-order valence-corrected chi connectivity index (χ0v) is 18.4. The minimum absolute atomic E-state index is 0. The van der Waals surface area contributed by atoms with Crippen LogP contribution < -0.4 is 10.6 Å². The van der Waals surface area contributed by atoms with E-state index in [1.807, 2.05) is 47.9 Å². The van der Waals surface area contributed by atoms with Gasteiger partial charge in [0.2, 0.25) is 0 Å². The average molecular weight is 450 g/mol. The predicted molar refractivity (Wildman–Crippen MR) is 116 cm³/mol. The molecule has 1 unspecified atom stereocenters. The van der Waals surface area contributed by atoms with Crippen molar-refractivity contribution in [1.29, 1.82) is 0 Å². The Morgan fingerprint density at radius 1 is 1.32 bits per heavy atom. The third kappa shape index (κ3) is 6.06. The Bertz CT molecular complexity index is 748. The van der Waals surface area contributed by atoms with Crippen LogP contribution >= 0.6 is 36.4 Å². The van der Waals surface area contributed by atoms with Crippen LogP contribution in [-0.4, -0.2) is 59.5 Å². The van der Waals surface area contributed by atoms with Gasteiger partial charge in [-0.2, -0.15) is 0 Å². The molecule has 0 aliphatic carbocycles. The monoisotopic (exact) mass is 448 g/mol. The van der Waals surface area contributed by atoms with Gasteiger partial charge in [0.25, 0.3) is 5.91 Å². The molecule has 1 saturated heterocycles. The fourth-order valence-electron chi connectivity index (χ4n) is 3.23. The van der Waals surface area contributed by atoms with Crippen LogP contribution in [0.25, 0.3) is 0 Å². The fourth-order valence-corrected chi connectivity index (χ4v) is 3.49. The number of aromatic nitrogens is 3. The number of piperidine rings is 1. The van der Waals surface area contributed by atoms with Crippen LogP contribution in [0.5, 0.6) is 0 Å². The van der Waals surface area contributed by atoms with Crippen LogP contribution in [0.15, 0.2) is 30.5 Å². The zero-order chi connectivity index (χ0) is 18.5. The Morgan fingerprint density at radius 2 is 2.00 bits per heavy atom. The molecule has 1 aromatic carbocycles. The van der Waals surface area contributed by atoms with Gasteiger partial charge in [0.1, 0.15) is 0 Å². The van der Waals surface area contributed by atoms with E-state index in [0.29, 0.717) is 23.3 Å². The number of nitrogens with one attached hydrogen (secondary N) is 2. The highest BCUT2D eigenvalue weighted by Crippen LogP contribution is 2.25. The summed E-state index contributed by atoms with van der Waals surface area (Å²) in [4.78, 5) is 14.5. The summed E-state index contributed by atoms with van der Waals surface area (Å²) in [5, 5.41) is 15.2. The summed E-state index contributed by atoms with van der Waals surface area (Å²) >= 11 is 6.31. The Kier molecular flexibility index (Phi) is 10.2. The molecular weight excluding hydrogens is 423 g/mol. The minimum Gasteiger partial charge on any atom is -0.349 e. The number of amides is 1. The van der Waals surface area contributed by atoms with Crippen LogP contribution in [0, 0.1) is 0 Å². The lowest BCUT2D eigenvalue weighted by atomic mass is 10.1. The summed E-state index contributed by atoms with van der Waals surface area (Å²) in [6.45, 7) is 2.37. The molecule has 1 aliphatic rings. The Labute approximate surface area is 183 Å². The van der Waals surface area contributed by atoms with E-state index in [1.54, 1.807) is 6.20 Å². The average Bonchev–Trinajstić information content (AvgIpc) is 3.14. The molecule has 156 valence electrons. The van der Waals surface area contributed by atoms with Crippen molar-refractivity contribution in [3.8, 4) is 0 Å². The first-order valence-corrected chi connectivity index (χ1v) is 9.25. The molecule has 28 heavy (non-hydrogen) atoms. The topological polar surface area (TPSA) is 75.1 Å². The van der Waals surface area contributed by atoms with Gasteiger partial charge in [-0.3, -0.25) is 4.79 Å². The maximum atomic E-state index is 12.5. The second kappa shape index (κ2) is 11.6. The van der Waals surface area contributed by atoms with Gasteiger partial charge in [0.15, 0.2) is 5.69 Å². The van der Waals surface area contributed by atoms with Crippen molar-refractivity contribution in [2.45, 2.75) is 24.9 Å². The molecular formula is C18H27Cl3N6O. The second-order valence-electron chi connectivity index (χ2n) is 6.78. The van der Waals surface area contributed by atoms with Crippen LogP contribution in [0.1, 0.15) is 41.0 Å². The molecule has 2 aromatic rings. The molecule has 1 aliphatic heterocycles. The summed E-state index contributed by atoms with van der Waals surface area (Å²) in [7, 11) is 3.93. The highest BCUT2D eigenvalue weighted by molar-refractivity contribution is 6.31. The van der Waals surface area contributed by atoms with Gasteiger partial charge in [-0.1, -0.05) is 35.0 Å². The molecule has 1 atom stereocenters. The normalized spacial score (nSPS) is 15.4. The largest absolute Gasteiger partial charge is 0.349 e. The lowest BCUT2D eigenvalue weighted by molar-refractivity contribution is 0.0937. The number of nitrogens with zero attached hydrogens (tertiary/aromatic N) is 4. The molecule has 7 nitrogen and oxygen atoms in total. The number of carbonyl (C=O) groups is 1. The van der Waals surface area contributed by atoms with Gasteiger partial charge >= 0.3 is 0 Å². The van der Waals surface area contributed by atoms with Crippen molar-refractivity contribution in [3.63, 3.8) is 0 Å². The Balaban J connectivity index is 0.00000196. The summed E-state index contributed by atoms with van der Waals surface area (Å²) in [5.41, 5.74) is 1.33. The van der Waals surface area contributed by atoms with Crippen LogP contribution in [-0.2, 0) is 0 Å². The maximum Gasteiger partial charge on any atom is 0.273 e. The van der Waals surface area contributed by atoms with Crippen LogP contribution in [0.3, 0.4) is 0 Å². The molecule has 1 aromatic heterocycles. The first-order valence-electron chi connectivity index (χ1n) is 8.88. The van der Waals surface area contributed by atoms with Gasteiger partial charge in [-0.15, -0.1) is 29.9 Å². The molecule has 3 rings (SSSR count). The Morgan fingerprint density at radius 3 is 2.64 bits per heavy atom. The number of halogens is 3.